The number of aromatic amines is 2. The van der Waals surface area contributed by atoms with Crippen LogP contribution in [0.25, 0.3) is 44.4 Å². The first-order valence-electron chi connectivity index (χ1n) is 30.1. The highest BCUT2D eigenvalue weighted by Crippen LogP contribution is 2.41. The van der Waals surface area contributed by atoms with E-state index in [1.807, 2.05) is 55.4 Å². The predicted molar refractivity (Wildman–Crippen MR) is 316 cm³/mol. The number of aromatic nitrogens is 4. The molecule has 0 spiro atoms. The minimum Gasteiger partial charge on any atom is -0.466 e. The van der Waals surface area contributed by atoms with Gasteiger partial charge in [-0.05, 0) is 146 Å². The topological polar surface area (TPSA) is 268 Å². The lowest BCUT2D eigenvalue weighted by Crippen LogP contribution is -2.11. The minimum absolute atomic E-state index is 0.0426. The molecule has 84 heavy (non-hydrogen) atoms. The highest BCUT2D eigenvalue weighted by molar-refractivity contribution is 6.03. The maximum absolute atomic E-state index is 14.0. The third-order valence-corrected chi connectivity index (χ3v) is 13.5. The molecular formula is C64H86N4O16. The van der Waals surface area contributed by atoms with Gasteiger partial charge in [0.2, 0.25) is 0 Å². The first-order valence-corrected chi connectivity index (χ1v) is 30.1. The van der Waals surface area contributed by atoms with Gasteiger partial charge in [-0.2, -0.15) is 0 Å². The number of nitrogens with one attached hydrogen (secondary N) is 2. The number of carbonyl (C=O) groups is 8. The molecule has 0 aliphatic carbocycles. The van der Waals surface area contributed by atoms with Gasteiger partial charge in [0, 0.05) is 47.8 Å². The quantitative estimate of drug-likeness (QED) is 0.0405. The van der Waals surface area contributed by atoms with E-state index >= 15 is 0 Å². The Morgan fingerprint density at radius 2 is 0.548 bits per heavy atom. The van der Waals surface area contributed by atoms with Crippen LogP contribution in [0.4, 0.5) is 0 Å². The van der Waals surface area contributed by atoms with Crippen LogP contribution in [0.15, 0.2) is 24.3 Å². The predicted octanol–water partition coefficient (Wildman–Crippen LogP) is 11.1. The molecule has 0 aromatic carbocycles. The molecule has 3 aromatic rings. The van der Waals surface area contributed by atoms with E-state index in [0.717, 1.165) is 0 Å². The summed E-state index contributed by atoms with van der Waals surface area (Å²) < 4.78 is 44.9. The number of fused-ring (bicyclic) bond motifs is 8. The van der Waals surface area contributed by atoms with E-state index in [0.29, 0.717) is 129 Å². The molecule has 20 nitrogen and oxygen atoms in total. The molecule has 3 aromatic heterocycles. The summed E-state index contributed by atoms with van der Waals surface area (Å²) in [6.45, 7) is 16.4. The molecule has 5 heterocycles. The van der Waals surface area contributed by atoms with Crippen molar-refractivity contribution in [2.24, 2.45) is 0 Å². The van der Waals surface area contributed by atoms with Gasteiger partial charge in [0.25, 0.3) is 0 Å². The van der Waals surface area contributed by atoms with E-state index in [4.69, 9.17) is 47.9 Å². The number of carbonyl (C=O) groups excluding carboxylic acids is 8. The standard InChI is InChI=1S/C64H86N4O16/c1-9-25-77-57(69)21-17-41-45(33-61(73)81-29-13-5)53-38-50-43(19-23-59(71)79-27-11-3)47(35-63(75)83-31-15-7)55(67-50)40-52-44(20-24-60(72)80-28-12-4)48(36-64(76)84-32-16-8)56(68-52)39-51-42(18-22-58(70)78-26-10-2)46(34-62(74)82-30-14-6)54(66-51)37-49(41)65-53/h37-40,65-66H,9-36H2,1-8H3. The Balaban J connectivity index is 2.10. The normalized spacial score (nSPS) is 12.0. The summed E-state index contributed by atoms with van der Waals surface area (Å²) in [6, 6.07) is 6.90. The highest BCUT2D eigenvalue weighted by Gasteiger charge is 2.30. The molecule has 2 aliphatic rings. The summed E-state index contributed by atoms with van der Waals surface area (Å²) in [5.41, 5.74) is 6.57. The smallest absolute Gasteiger partial charge is 0.310 e. The summed E-state index contributed by atoms with van der Waals surface area (Å²) in [5.74, 6) is -4.12. The number of hydrogen-bond acceptors (Lipinski definition) is 18. The third kappa shape index (κ3) is 20.3. The second kappa shape index (κ2) is 35.5. The number of aryl methyl sites for hydroxylation is 2. The molecule has 5 rings (SSSR count). The van der Waals surface area contributed by atoms with Crippen molar-refractivity contribution in [2.75, 3.05) is 52.9 Å². The van der Waals surface area contributed by atoms with Crippen LogP contribution in [0.2, 0.25) is 0 Å². The van der Waals surface area contributed by atoms with Crippen molar-refractivity contribution < 1.29 is 76.3 Å². The van der Waals surface area contributed by atoms with Crippen molar-refractivity contribution in [3.05, 3.63) is 69.3 Å². The van der Waals surface area contributed by atoms with Crippen LogP contribution in [0, 0.1) is 0 Å². The highest BCUT2D eigenvalue weighted by atomic mass is 16.6. The number of H-pyrrole nitrogens is 2. The van der Waals surface area contributed by atoms with Crippen LogP contribution in [0.5, 0.6) is 0 Å². The van der Waals surface area contributed by atoms with Crippen molar-refractivity contribution in [3.8, 4) is 0 Å². The van der Waals surface area contributed by atoms with Gasteiger partial charge < -0.3 is 47.9 Å². The molecule has 0 radical (unpaired) electrons. The monoisotopic (exact) mass is 1170 g/mol. The zero-order valence-electron chi connectivity index (χ0n) is 50.5. The van der Waals surface area contributed by atoms with Crippen LogP contribution < -0.4 is 0 Å². The van der Waals surface area contributed by atoms with Gasteiger partial charge >= 0.3 is 47.8 Å². The first kappa shape index (κ1) is 67.2. The minimum atomic E-state index is -0.565. The third-order valence-electron chi connectivity index (χ3n) is 13.5. The lowest BCUT2D eigenvalue weighted by molar-refractivity contribution is -0.144. The first-order chi connectivity index (χ1) is 40.6. The fourth-order valence-corrected chi connectivity index (χ4v) is 9.54. The zero-order chi connectivity index (χ0) is 61.0. The Morgan fingerprint density at radius 3 is 0.893 bits per heavy atom. The molecule has 0 unspecified atom stereocenters. The Hall–Kier alpha value is -7.64. The van der Waals surface area contributed by atoms with E-state index in [1.54, 1.807) is 24.3 Å². The van der Waals surface area contributed by atoms with Crippen LogP contribution in [0.3, 0.4) is 0 Å². The SMILES string of the molecule is CCCOC(=O)CCC1=C(CC(=O)OCCC)c2cc3nc(cc4[nH]c(cc5[nH]c(cc1n2)c(CC(=O)OCCC)c5CCC(=O)OCCC)c(CC(=O)OCCC)c4CCC(=O)OCCC)C(CC(=O)OCCC)=C3CCC(=O)OCCC. The molecule has 458 valence electrons. The van der Waals surface area contributed by atoms with Crippen molar-refractivity contribution in [1.82, 2.24) is 19.9 Å². The Bertz CT molecular complexity index is 3040. The van der Waals surface area contributed by atoms with Gasteiger partial charge in [0.15, 0.2) is 0 Å². The van der Waals surface area contributed by atoms with Crippen molar-refractivity contribution >= 4 is 92.1 Å². The van der Waals surface area contributed by atoms with Crippen molar-refractivity contribution in [2.45, 2.75) is 184 Å². The van der Waals surface area contributed by atoms with E-state index in [1.165, 1.54) is 0 Å². The number of rotatable bonds is 36. The van der Waals surface area contributed by atoms with Crippen molar-refractivity contribution in [1.29, 1.82) is 0 Å². The zero-order valence-corrected chi connectivity index (χ0v) is 50.5. The molecule has 0 fully saturated rings. The summed E-state index contributed by atoms with van der Waals surface area (Å²) >= 11 is 0. The summed E-state index contributed by atoms with van der Waals surface area (Å²) in [6.07, 6.45) is 3.35. The largest absolute Gasteiger partial charge is 0.466 e. The lowest BCUT2D eigenvalue weighted by atomic mass is 9.95. The number of allylic oxidation sites excluding steroid dienone is 2. The Morgan fingerprint density at radius 1 is 0.298 bits per heavy atom. The molecule has 0 saturated heterocycles. The van der Waals surface area contributed by atoms with E-state index < -0.39 is 47.8 Å². The molecular weight excluding hydrogens is 1080 g/mol. The summed E-state index contributed by atoms with van der Waals surface area (Å²) in [7, 11) is 0. The fourth-order valence-electron chi connectivity index (χ4n) is 9.54. The second-order valence-corrected chi connectivity index (χ2v) is 20.5. The van der Waals surface area contributed by atoms with Crippen LogP contribution >= 0.6 is 0 Å². The van der Waals surface area contributed by atoms with Crippen LogP contribution in [0.1, 0.15) is 203 Å². The number of nitrogens with zero attached hydrogens (tertiary/aromatic N) is 2. The van der Waals surface area contributed by atoms with Gasteiger partial charge in [0.1, 0.15) is 0 Å². The Kier molecular flexibility index (Phi) is 28.4. The fraction of sp³-hybridized carbons (Fsp3) is 0.562. The average molecular weight is 1170 g/mol. The van der Waals surface area contributed by atoms with E-state index in [-0.39, 0.29) is 141 Å². The molecule has 2 aliphatic heterocycles. The number of ether oxygens (including phenoxy) is 8. The van der Waals surface area contributed by atoms with Gasteiger partial charge in [-0.15, -0.1) is 0 Å². The summed E-state index contributed by atoms with van der Waals surface area (Å²) in [5, 5.41) is 0. The molecule has 2 N–H and O–H groups in total. The molecule has 0 amide bonds. The van der Waals surface area contributed by atoms with E-state index in [9.17, 15) is 38.4 Å². The lowest BCUT2D eigenvalue weighted by Gasteiger charge is -2.10. The van der Waals surface area contributed by atoms with Crippen LogP contribution in [-0.4, -0.2) is 121 Å². The molecule has 20 heteroatoms. The number of hydrogen-bond donors (Lipinski definition) is 2. The van der Waals surface area contributed by atoms with Crippen molar-refractivity contribution in [3.63, 3.8) is 0 Å². The second-order valence-electron chi connectivity index (χ2n) is 20.5. The average Bonchev–Trinajstić information content (AvgIpc) is 4.34. The van der Waals surface area contributed by atoms with Gasteiger partial charge in [-0.1, -0.05) is 55.4 Å². The Labute approximate surface area is 492 Å². The van der Waals surface area contributed by atoms with Gasteiger partial charge in [0.05, 0.1) is 101 Å². The maximum Gasteiger partial charge on any atom is 0.310 e. The van der Waals surface area contributed by atoms with Gasteiger partial charge in [-0.25, -0.2) is 9.97 Å². The van der Waals surface area contributed by atoms with Gasteiger partial charge in [-0.3, -0.25) is 38.4 Å². The van der Waals surface area contributed by atoms with Crippen LogP contribution in [-0.2, 0) is 102 Å². The molecule has 0 saturated carbocycles. The maximum atomic E-state index is 14.0. The molecule has 8 bridgehead atoms. The number of esters is 8. The van der Waals surface area contributed by atoms with E-state index in [2.05, 4.69) is 9.97 Å². The molecule has 0 atom stereocenters. The summed E-state index contributed by atoms with van der Waals surface area (Å²) in [4.78, 5) is 127.